The van der Waals surface area contributed by atoms with Gasteiger partial charge in [-0.15, -0.1) is 0 Å². The maximum Gasteiger partial charge on any atom is 0.254 e. The van der Waals surface area contributed by atoms with E-state index >= 15 is 0 Å². The number of likely N-dealkylation sites (N-methyl/N-ethyl adjacent to an activating group) is 1. The number of hydrogen-bond donors (Lipinski definition) is 1. The standard InChI is InChI=1S/C17H24N4O2/c1-13-16(19-12-18-13)11-21(10-9-20(2)3)17(22)14-5-7-15(23-4)8-6-14/h5-8,12H,9-11H2,1-4H3,(H,18,19). The normalized spacial score (nSPS) is 10.8. The molecule has 0 fully saturated rings. The molecule has 23 heavy (non-hydrogen) atoms. The Kier molecular flexibility index (Phi) is 5.76. The third-order valence-corrected chi connectivity index (χ3v) is 3.72. The first kappa shape index (κ1) is 17.0. The van der Waals surface area contributed by atoms with E-state index in [9.17, 15) is 4.79 Å². The number of benzene rings is 1. The molecule has 0 atom stereocenters. The van der Waals surface area contributed by atoms with Crippen LogP contribution in [0.3, 0.4) is 0 Å². The summed E-state index contributed by atoms with van der Waals surface area (Å²) in [7, 11) is 5.60. The molecule has 0 aliphatic rings. The quantitative estimate of drug-likeness (QED) is 0.848. The van der Waals surface area contributed by atoms with Crippen LogP contribution in [-0.2, 0) is 6.54 Å². The summed E-state index contributed by atoms with van der Waals surface area (Å²) in [5.74, 6) is 0.737. The van der Waals surface area contributed by atoms with Crippen LogP contribution in [0, 0.1) is 6.92 Å². The zero-order valence-electron chi connectivity index (χ0n) is 14.2. The third-order valence-electron chi connectivity index (χ3n) is 3.72. The molecular formula is C17H24N4O2. The summed E-state index contributed by atoms with van der Waals surface area (Å²) in [6.45, 7) is 3.90. The van der Waals surface area contributed by atoms with Gasteiger partial charge >= 0.3 is 0 Å². The molecule has 0 bridgehead atoms. The van der Waals surface area contributed by atoms with Crippen LogP contribution < -0.4 is 4.74 Å². The Hall–Kier alpha value is -2.34. The highest BCUT2D eigenvalue weighted by Crippen LogP contribution is 2.15. The molecule has 1 aromatic carbocycles. The molecule has 1 N–H and O–H groups in total. The molecule has 0 radical (unpaired) electrons. The number of nitrogens with one attached hydrogen (secondary N) is 1. The first-order chi connectivity index (χ1) is 11.0. The van der Waals surface area contributed by atoms with Gasteiger partial charge in [0.15, 0.2) is 0 Å². The second-order valence-electron chi connectivity index (χ2n) is 5.73. The molecule has 0 aliphatic carbocycles. The van der Waals surface area contributed by atoms with Crippen molar-refractivity contribution in [1.82, 2.24) is 19.8 Å². The number of nitrogens with zero attached hydrogens (tertiary/aromatic N) is 3. The van der Waals surface area contributed by atoms with E-state index in [1.165, 1.54) is 0 Å². The van der Waals surface area contributed by atoms with Crippen molar-refractivity contribution in [2.75, 3.05) is 34.3 Å². The lowest BCUT2D eigenvalue weighted by Gasteiger charge is -2.24. The first-order valence-corrected chi connectivity index (χ1v) is 7.58. The minimum absolute atomic E-state index is 0.00287. The van der Waals surface area contributed by atoms with Gasteiger partial charge in [-0.1, -0.05) is 0 Å². The molecular weight excluding hydrogens is 292 g/mol. The monoisotopic (exact) mass is 316 g/mol. The topological polar surface area (TPSA) is 61.5 Å². The fourth-order valence-corrected chi connectivity index (χ4v) is 2.22. The van der Waals surface area contributed by atoms with Crippen LogP contribution >= 0.6 is 0 Å². The Balaban J connectivity index is 2.16. The van der Waals surface area contributed by atoms with Crippen LogP contribution in [-0.4, -0.2) is 60.0 Å². The molecule has 0 spiro atoms. The molecule has 2 rings (SSSR count). The van der Waals surface area contributed by atoms with Crippen LogP contribution in [0.4, 0.5) is 0 Å². The zero-order chi connectivity index (χ0) is 16.8. The van der Waals surface area contributed by atoms with Crippen molar-refractivity contribution in [3.63, 3.8) is 0 Å². The molecule has 0 saturated heterocycles. The van der Waals surface area contributed by atoms with Gasteiger partial charge in [0, 0.05) is 24.3 Å². The number of amides is 1. The van der Waals surface area contributed by atoms with E-state index in [4.69, 9.17) is 4.74 Å². The van der Waals surface area contributed by atoms with Crippen molar-refractivity contribution >= 4 is 5.91 Å². The van der Waals surface area contributed by atoms with Crippen molar-refractivity contribution in [3.8, 4) is 5.75 Å². The van der Waals surface area contributed by atoms with Crippen molar-refractivity contribution in [1.29, 1.82) is 0 Å². The fraction of sp³-hybridized carbons (Fsp3) is 0.412. The van der Waals surface area contributed by atoms with E-state index in [1.54, 1.807) is 37.7 Å². The van der Waals surface area contributed by atoms with E-state index in [0.29, 0.717) is 18.7 Å². The van der Waals surface area contributed by atoms with E-state index in [-0.39, 0.29) is 5.91 Å². The SMILES string of the molecule is COc1ccc(C(=O)N(CCN(C)C)Cc2nc[nH]c2C)cc1. The number of carbonyl (C=O) groups is 1. The second-order valence-corrected chi connectivity index (χ2v) is 5.73. The van der Waals surface area contributed by atoms with Gasteiger partial charge in [-0.2, -0.15) is 0 Å². The number of carbonyl (C=O) groups excluding carboxylic acids is 1. The predicted octanol–water partition coefficient (Wildman–Crippen LogP) is 1.93. The third kappa shape index (κ3) is 4.56. The number of H-pyrrole nitrogens is 1. The number of methoxy groups -OCH3 is 1. The highest BCUT2D eigenvalue weighted by molar-refractivity contribution is 5.94. The lowest BCUT2D eigenvalue weighted by Crippen LogP contribution is -2.36. The summed E-state index contributed by atoms with van der Waals surface area (Å²) < 4.78 is 5.14. The minimum atomic E-state index is -0.00287. The molecule has 2 aromatic rings. The summed E-state index contributed by atoms with van der Waals surface area (Å²) in [6.07, 6.45) is 1.66. The summed E-state index contributed by atoms with van der Waals surface area (Å²) in [5.41, 5.74) is 2.53. The molecule has 6 heteroatoms. The number of rotatable bonds is 7. The second kappa shape index (κ2) is 7.78. The fourth-order valence-electron chi connectivity index (χ4n) is 2.22. The van der Waals surface area contributed by atoms with Gasteiger partial charge in [0.05, 0.1) is 25.7 Å². The largest absolute Gasteiger partial charge is 0.497 e. The van der Waals surface area contributed by atoms with Crippen molar-refractivity contribution in [2.45, 2.75) is 13.5 Å². The zero-order valence-corrected chi connectivity index (χ0v) is 14.2. The van der Waals surface area contributed by atoms with E-state index < -0.39 is 0 Å². The number of aryl methyl sites for hydroxylation is 1. The smallest absolute Gasteiger partial charge is 0.254 e. The van der Waals surface area contributed by atoms with Crippen LogP contribution in [0.2, 0.25) is 0 Å². The number of aromatic nitrogens is 2. The summed E-state index contributed by atoms with van der Waals surface area (Å²) >= 11 is 0. The van der Waals surface area contributed by atoms with Crippen LogP contribution in [0.5, 0.6) is 5.75 Å². The molecule has 1 heterocycles. The van der Waals surface area contributed by atoms with Crippen molar-refractivity contribution < 1.29 is 9.53 Å². The van der Waals surface area contributed by atoms with Crippen LogP contribution in [0.15, 0.2) is 30.6 Å². The van der Waals surface area contributed by atoms with Gasteiger partial charge in [0.25, 0.3) is 5.91 Å². The summed E-state index contributed by atoms with van der Waals surface area (Å²) in [6, 6.07) is 7.19. The molecule has 1 amide bonds. The highest BCUT2D eigenvalue weighted by Gasteiger charge is 2.18. The first-order valence-electron chi connectivity index (χ1n) is 7.58. The Morgan fingerprint density at radius 3 is 2.43 bits per heavy atom. The Labute approximate surface area is 137 Å². The molecule has 124 valence electrons. The van der Waals surface area contributed by atoms with E-state index in [2.05, 4.69) is 14.9 Å². The average Bonchev–Trinajstić information content (AvgIpc) is 2.95. The van der Waals surface area contributed by atoms with Gasteiger partial charge in [-0.3, -0.25) is 4.79 Å². The highest BCUT2D eigenvalue weighted by atomic mass is 16.5. The minimum Gasteiger partial charge on any atom is -0.497 e. The van der Waals surface area contributed by atoms with Gasteiger partial charge in [-0.05, 0) is 45.3 Å². The van der Waals surface area contributed by atoms with Crippen LogP contribution in [0.25, 0.3) is 0 Å². The lowest BCUT2D eigenvalue weighted by molar-refractivity contribution is 0.0730. The molecule has 1 aromatic heterocycles. The number of hydrogen-bond acceptors (Lipinski definition) is 4. The number of aromatic amines is 1. The Morgan fingerprint density at radius 1 is 1.22 bits per heavy atom. The Morgan fingerprint density at radius 2 is 1.91 bits per heavy atom. The van der Waals surface area contributed by atoms with Gasteiger partial charge in [-0.25, -0.2) is 4.98 Å². The maximum absolute atomic E-state index is 12.8. The van der Waals surface area contributed by atoms with Gasteiger partial charge in [0.1, 0.15) is 5.75 Å². The van der Waals surface area contributed by atoms with Crippen molar-refractivity contribution in [3.05, 3.63) is 47.5 Å². The molecule has 6 nitrogen and oxygen atoms in total. The van der Waals surface area contributed by atoms with Gasteiger partial charge in [0.2, 0.25) is 0 Å². The van der Waals surface area contributed by atoms with Gasteiger partial charge < -0.3 is 19.5 Å². The lowest BCUT2D eigenvalue weighted by atomic mass is 10.1. The van der Waals surface area contributed by atoms with Crippen LogP contribution in [0.1, 0.15) is 21.7 Å². The summed E-state index contributed by atoms with van der Waals surface area (Å²) in [4.78, 5) is 24.1. The Bertz CT molecular complexity index is 634. The average molecular weight is 316 g/mol. The van der Waals surface area contributed by atoms with Crippen molar-refractivity contribution in [2.24, 2.45) is 0 Å². The molecule has 0 saturated carbocycles. The molecule has 0 aliphatic heterocycles. The van der Waals surface area contributed by atoms with E-state index in [0.717, 1.165) is 23.7 Å². The van der Waals surface area contributed by atoms with E-state index in [1.807, 2.05) is 25.9 Å². The summed E-state index contributed by atoms with van der Waals surface area (Å²) in [5, 5.41) is 0. The maximum atomic E-state index is 12.8. The number of ether oxygens (including phenoxy) is 1. The molecule has 0 unspecified atom stereocenters. The number of imidazole rings is 1. The predicted molar refractivity (Wildman–Crippen MR) is 89.6 cm³/mol.